The van der Waals surface area contributed by atoms with E-state index in [0.29, 0.717) is 0 Å². The Morgan fingerprint density at radius 1 is 1.03 bits per heavy atom. The first-order valence-corrected chi connectivity index (χ1v) is 10.6. The average molecular weight is 440 g/mol. The molecular formula is C24H28N2O6. The number of benzene rings is 2. The molecule has 1 atom stereocenters. The van der Waals surface area contributed by atoms with Crippen LogP contribution in [0.3, 0.4) is 0 Å². The summed E-state index contributed by atoms with van der Waals surface area (Å²) < 4.78 is 5.40. The fourth-order valence-corrected chi connectivity index (χ4v) is 3.95. The normalized spacial score (nSPS) is 13.2. The van der Waals surface area contributed by atoms with Crippen LogP contribution >= 0.6 is 0 Å². The number of carbonyl (C=O) groups is 3. The molecule has 0 heterocycles. The second-order valence-electron chi connectivity index (χ2n) is 8.07. The van der Waals surface area contributed by atoms with Crippen LogP contribution in [-0.2, 0) is 14.3 Å². The van der Waals surface area contributed by atoms with E-state index < -0.39 is 30.6 Å². The SMILES string of the molecule is CC(C)N(CC(=O)O)C(=O)CC(O)CNC(=O)OCC1c2ccccc2-c2ccccc21. The molecule has 0 bridgehead atoms. The summed E-state index contributed by atoms with van der Waals surface area (Å²) in [5, 5.41) is 21.5. The molecule has 170 valence electrons. The summed E-state index contributed by atoms with van der Waals surface area (Å²) in [5.74, 6) is -1.70. The van der Waals surface area contributed by atoms with Crippen molar-refractivity contribution in [1.82, 2.24) is 10.2 Å². The van der Waals surface area contributed by atoms with Gasteiger partial charge in [-0.2, -0.15) is 0 Å². The third kappa shape index (κ3) is 5.45. The number of aliphatic hydroxyl groups is 1. The van der Waals surface area contributed by atoms with Crippen molar-refractivity contribution in [2.24, 2.45) is 0 Å². The Morgan fingerprint density at radius 2 is 1.59 bits per heavy atom. The van der Waals surface area contributed by atoms with Crippen LogP contribution in [0, 0.1) is 0 Å². The highest BCUT2D eigenvalue weighted by molar-refractivity contribution is 5.82. The van der Waals surface area contributed by atoms with E-state index in [2.05, 4.69) is 5.32 Å². The Kier molecular flexibility index (Phi) is 7.48. The topological polar surface area (TPSA) is 116 Å². The highest BCUT2D eigenvalue weighted by atomic mass is 16.5. The summed E-state index contributed by atoms with van der Waals surface area (Å²) in [6.07, 6.45) is -2.14. The van der Waals surface area contributed by atoms with Crippen molar-refractivity contribution in [3.8, 4) is 11.1 Å². The smallest absolute Gasteiger partial charge is 0.407 e. The van der Waals surface area contributed by atoms with Crippen molar-refractivity contribution in [3.05, 3.63) is 59.7 Å². The molecule has 0 aliphatic heterocycles. The Hall–Kier alpha value is -3.39. The molecule has 2 aromatic rings. The first-order chi connectivity index (χ1) is 15.3. The number of hydrogen-bond donors (Lipinski definition) is 3. The van der Waals surface area contributed by atoms with E-state index in [1.807, 2.05) is 48.5 Å². The number of fused-ring (bicyclic) bond motifs is 3. The molecule has 8 heteroatoms. The fourth-order valence-electron chi connectivity index (χ4n) is 3.95. The Labute approximate surface area is 186 Å². The monoisotopic (exact) mass is 440 g/mol. The van der Waals surface area contributed by atoms with Gasteiger partial charge in [-0.1, -0.05) is 48.5 Å². The molecule has 8 nitrogen and oxygen atoms in total. The average Bonchev–Trinajstić information content (AvgIpc) is 3.08. The Morgan fingerprint density at radius 3 is 2.12 bits per heavy atom. The number of carboxylic acids is 1. The summed E-state index contributed by atoms with van der Waals surface area (Å²) in [4.78, 5) is 36.5. The third-order valence-electron chi connectivity index (χ3n) is 5.49. The standard InChI is InChI=1S/C24H28N2O6/c1-15(2)26(13-23(29)30)22(28)11-16(27)12-25-24(31)32-14-21-19-9-5-3-7-17(19)18-8-4-6-10-20(18)21/h3-10,15-16,21,27H,11-14H2,1-2H3,(H,25,31)(H,29,30). The molecule has 1 unspecified atom stereocenters. The molecule has 0 fully saturated rings. The van der Waals surface area contributed by atoms with Gasteiger partial charge in [0.15, 0.2) is 0 Å². The lowest BCUT2D eigenvalue weighted by molar-refractivity contribution is -0.146. The number of hydrogen-bond acceptors (Lipinski definition) is 5. The van der Waals surface area contributed by atoms with Gasteiger partial charge in [0.05, 0.1) is 12.5 Å². The first-order valence-electron chi connectivity index (χ1n) is 10.6. The van der Waals surface area contributed by atoms with Gasteiger partial charge in [-0.3, -0.25) is 9.59 Å². The predicted molar refractivity (Wildman–Crippen MR) is 118 cm³/mol. The van der Waals surface area contributed by atoms with Crippen molar-refractivity contribution >= 4 is 18.0 Å². The lowest BCUT2D eigenvalue weighted by atomic mass is 9.98. The van der Waals surface area contributed by atoms with Crippen LogP contribution in [-0.4, -0.2) is 64.9 Å². The van der Waals surface area contributed by atoms with Gasteiger partial charge in [-0.15, -0.1) is 0 Å². The maximum absolute atomic E-state index is 12.3. The zero-order chi connectivity index (χ0) is 23.3. The van der Waals surface area contributed by atoms with E-state index in [0.717, 1.165) is 22.3 Å². The molecule has 32 heavy (non-hydrogen) atoms. The lowest BCUT2D eigenvalue weighted by Gasteiger charge is -2.26. The van der Waals surface area contributed by atoms with Crippen molar-refractivity contribution < 1.29 is 29.3 Å². The molecule has 2 amide bonds. The van der Waals surface area contributed by atoms with E-state index in [1.165, 1.54) is 4.90 Å². The van der Waals surface area contributed by atoms with E-state index >= 15 is 0 Å². The van der Waals surface area contributed by atoms with Crippen LogP contribution in [0.4, 0.5) is 4.79 Å². The Balaban J connectivity index is 1.50. The van der Waals surface area contributed by atoms with Crippen molar-refractivity contribution in [2.75, 3.05) is 19.7 Å². The van der Waals surface area contributed by atoms with E-state index in [-0.39, 0.29) is 31.5 Å². The van der Waals surface area contributed by atoms with Gasteiger partial charge < -0.3 is 25.2 Å². The molecule has 1 aliphatic carbocycles. The lowest BCUT2D eigenvalue weighted by Crippen LogP contribution is -2.43. The van der Waals surface area contributed by atoms with Crippen LogP contribution in [0.2, 0.25) is 0 Å². The summed E-state index contributed by atoms with van der Waals surface area (Å²) in [7, 11) is 0. The van der Waals surface area contributed by atoms with Gasteiger partial charge >= 0.3 is 12.1 Å². The maximum Gasteiger partial charge on any atom is 0.407 e. The van der Waals surface area contributed by atoms with Gasteiger partial charge in [0.25, 0.3) is 0 Å². The zero-order valence-corrected chi connectivity index (χ0v) is 18.2. The van der Waals surface area contributed by atoms with Gasteiger partial charge in [-0.25, -0.2) is 4.79 Å². The van der Waals surface area contributed by atoms with Gasteiger partial charge in [0.1, 0.15) is 13.2 Å². The fraction of sp³-hybridized carbons (Fsp3) is 0.375. The second-order valence-corrected chi connectivity index (χ2v) is 8.07. The van der Waals surface area contributed by atoms with Gasteiger partial charge in [-0.05, 0) is 36.1 Å². The molecule has 0 saturated carbocycles. The Bertz CT molecular complexity index is 944. The quantitative estimate of drug-likeness (QED) is 0.552. The molecule has 3 rings (SSSR count). The number of aliphatic carboxylic acids is 1. The van der Waals surface area contributed by atoms with Crippen LogP contribution < -0.4 is 5.32 Å². The minimum atomic E-state index is -1.15. The molecule has 0 radical (unpaired) electrons. The highest BCUT2D eigenvalue weighted by Crippen LogP contribution is 2.44. The number of carbonyl (C=O) groups excluding carboxylic acids is 2. The summed E-state index contributed by atoms with van der Waals surface area (Å²) in [6, 6.07) is 15.7. The summed E-state index contributed by atoms with van der Waals surface area (Å²) in [6.45, 7) is 2.92. The number of nitrogens with zero attached hydrogens (tertiary/aromatic N) is 1. The predicted octanol–water partition coefficient (Wildman–Crippen LogP) is 2.60. The number of rotatable bonds is 9. The second kappa shape index (κ2) is 10.3. The van der Waals surface area contributed by atoms with Crippen molar-refractivity contribution in [2.45, 2.75) is 38.3 Å². The van der Waals surface area contributed by atoms with E-state index in [9.17, 15) is 19.5 Å². The van der Waals surface area contributed by atoms with Crippen molar-refractivity contribution in [1.29, 1.82) is 0 Å². The first kappa shape index (κ1) is 23.3. The van der Waals surface area contributed by atoms with Crippen LogP contribution in [0.15, 0.2) is 48.5 Å². The molecule has 1 aliphatic rings. The summed E-state index contributed by atoms with van der Waals surface area (Å²) >= 11 is 0. The van der Waals surface area contributed by atoms with E-state index in [1.54, 1.807) is 13.8 Å². The molecule has 3 N–H and O–H groups in total. The highest BCUT2D eigenvalue weighted by Gasteiger charge is 2.29. The third-order valence-corrected chi connectivity index (χ3v) is 5.49. The summed E-state index contributed by atoms with van der Waals surface area (Å²) in [5.41, 5.74) is 4.45. The molecular weight excluding hydrogens is 412 g/mol. The molecule has 0 saturated heterocycles. The van der Waals surface area contributed by atoms with Gasteiger partial charge in [0.2, 0.25) is 5.91 Å². The van der Waals surface area contributed by atoms with Crippen LogP contribution in [0.25, 0.3) is 11.1 Å². The number of carboxylic acid groups (broad SMARTS) is 1. The number of nitrogens with one attached hydrogen (secondary N) is 1. The van der Waals surface area contributed by atoms with Crippen LogP contribution in [0.1, 0.15) is 37.3 Å². The molecule has 0 aromatic heterocycles. The largest absolute Gasteiger partial charge is 0.480 e. The number of amides is 2. The number of ether oxygens (including phenoxy) is 1. The minimum absolute atomic E-state index is 0.0738. The zero-order valence-electron chi connectivity index (χ0n) is 18.2. The number of alkyl carbamates (subject to hydrolysis) is 1. The van der Waals surface area contributed by atoms with Crippen LogP contribution in [0.5, 0.6) is 0 Å². The van der Waals surface area contributed by atoms with E-state index in [4.69, 9.17) is 9.84 Å². The number of aliphatic hydroxyl groups excluding tert-OH is 1. The molecule has 2 aromatic carbocycles. The van der Waals surface area contributed by atoms with Gasteiger partial charge in [0, 0.05) is 18.5 Å². The minimum Gasteiger partial charge on any atom is -0.480 e. The molecule has 0 spiro atoms. The maximum atomic E-state index is 12.3. The van der Waals surface area contributed by atoms with Crippen molar-refractivity contribution in [3.63, 3.8) is 0 Å².